The van der Waals surface area contributed by atoms with Crippen LogP contribution in [0, 0.1) is 5.92 Å². The molecule has 0 spiro atoms. The van der Waals surface area contributed by atoms with E-state index in [-0.39, 0.29) is 5.92 Å². The molecule has 1 fully saturated rings. The number of aliphatic carboxylic acids is 1. The van der Waals surface area contributed by atoms with Crippen LogP contribution in [-0.2, 0) is 4.79 Å². The van der Waals surface area contributed by atoms with Gasteiger partial charge in [-0.15, -0.1) is 0 Å². The van der Waals surface area contributed by atoms with E-state index < -0.39 is 5.97 Å². The van der Waals surface area contributed by atoms with Crippen molar-refractivity contribution in [3.8, 4) is 0 Å². The van der Waals surface area contributed by atoms with Crippen LogP contribution >= 0.6 is 0 Å². The quantitative estimate of drug-likeness (QED) is 0.817. The lowest BCUT2D eigenvalue weighted by atomic mass is 10.1. The van der Waals surface area contributed by atoms with Crippen LogP contribution in [0.2, 0.25) is 0 Å². The molecule has 0 saturated carbocycles. The summed E-state index contributed by atoms with van der Waals surface area (Å²) in [6, 6.07) is 1.87. The molecular formula is C12H18N4O2. The lowest BCUT2D eigenvalue weighted by Gasteiger charge is -2.17. The van der Waals surface area contributed by atoms with E-state index in [0.717, 1.165) is 31.1 Å². The summed E-state index contributed by atoms with van der Waals surface area (Å²) < 4.78 is 0. The summed E-state index contributed by atoms with van der Waals surface area (Å²) in [5, 5.41) is 12.2. The third-order valence-corrected chi connectivity index (χ3v) is 3.07. The third-order valence-electron chi connectivity index (χ3n) is 3.07. The SMILES string of the molecule is CCCNc1cc(N2CCC(C(=O)O)C2)ncn1. The molecule has 6 nitrogen and oxygen atoms in total. The van der Waals surface area contributed by atoms with E-state index in [2.05, 4.69) is 22.2 Å². The van der Waals surface area contributed by atoms with Gasteiger partial charge in [-0.3, -0.25) is 4.79 Å². The molecule has 2 rings (SSSR count). The average molecular weight is 250 g/mol. The molecular weight excluding hydrogens is 232 g/mol. The van der Waals surface area contributed by atoms with E-state index in [1.165, 1.54) is 6.33 Å². The molecule has 18 heavy (non-hydrogen) atoms. The lowest BCUT2D eigenvalue weighted by molar-refractivity contribution is -0.140. The highest BCUT2D eigenvalue weighted by Gasteiger charge is 2.28. The number of nitrogens with zero attached hydrogens (tertiary/aromatic N) is 3. The Kier molecular flexibility index (Phi) is 3.96. The minimum atomic E-state index is -0.726. The van der Waals surface area contributed by atoms with Gasteiger partial charge in [0.15, 0.2) is 0 Å². The van der Waals surface area contributed by atoms with Crippen molar-refractivity contribution in [1.29, 1.82) is 0 Å². The fourth-order valence-electron chi connectivity index (χ4n) is 2.04. The second-order valence-electron chi connectivity index (χ2n) is 4.46. The molecule has 0 amide bonds. The predicted molar refractivity (Wildman–Crippen MR) is 68.8 cm³/mol. The van der Waals surface area contributed by atoms with Crippen LogP contribution < -0.4 is 10.2 Å². The number of carboxylic acid groups (broad SMARTS) is 1. The Morgan fingerprint density at radius 2 is 2.44 bits per heavy atom. The Labute approximate surface area is 106 Å². The molecule has 1 unspecified atom stereocenters. The molecule has 1 aromatic heterocycles. The number of nitrogens with one attached hydrogen (secondary N) is 1. The van der Waals surface area contributed by atoms with Gasteiger partial charge in [-0.1, -0.05) is 6.92 Å². The molecule has 0 radical (unpaired) electrons. The Balaban J connectivity index is 2.03. The second kappa shape index (κ2) is 5.66. The molecule has 1 saturated heterocycles. The minimum absolute atomic E-state index is 0.285. The normalized spacial score (nSPS) is 18.9. The van der Waals surface area contributed by atoms with Crippen molar-refractivity contribution in [3.63, 3.8) is 0 Å². The number of anilines is 2. The number of carboxylic acids is 1. The molecule has 1 aliphatic rings. The predicted octanol–water partition coefficient (Wildman–Crippen LogP) is 1.21. The van der Waals surface area contributed by atoms with Gasteiger partial charge in [0, 0.05) is 25.7 Å². The third kappa shape index (κ3) is 2.88. The summed E-state index contributed by atoms with van der Waals surface area (Å²) in [5.74, 6) is 0.580. The molecule has 2 heterocycles. The number of hydrogen-bond donors (Lipinski definition) is 2. The van der Waals surface area contributed by atoms with Gasteiger partial charge in [0.25, 0.3) is 0 Å². The van der Waals surface area contributed by atoms with E-state index in [9.17, 15) is 4.79 Å². The van der Waals surface area contributed by atoms with E-state index in [4.69, 9.17) is 5.11 Å². The largest absolute Gasteiger partial charge is 0.481 e. The Morgan fingerprint density at radius 1 is 1.61 bits per heavy atom. The second-order valence-corrected chi connectivity index (χ2v) is 4.46. The number of carbonyl (C=O) groups is 1. The van der Waals surface area contributed by atoms with Gasteiger partial charge >= 0.3 is 5.97 Å². The lowest BCUT2D eigenvalue weighted by Crippen LogP contribution is -2.23. The molecule has 0 aliphatic carbocycles. The first-order chi connectivity index (χ1) is 8.70. The zero-order valence-corrected chi connectivity index (χ0v) is 10.5. The molecule has 98 valence electrons. The van der Waals surface area contributed by atoms with Crippen LogP contribution in [0.25, 0.3) is 0 Å². The van der Waals surface area contributed by atoms with Gasteiger partial charge in [-0.2, -0.15) is 0 Å². The van der Waals surface area contributed by atoms with E-state index in [1.54, 1.807) is 0 Å². The zero-order valence-electron chi connectivity index (χ0n) is 10.5. The van der Waals surface area contributed by atoms with Crippen molar-refractivity contribution in [3.05, 3.63) is 12.4 Å². The average Bonchev–Trinajstić information content (AvgIpc) is 2.86. The van der Waals surface area contributed by atoms with Crippen molar-refractivity contribution < 1.29 is 9.90 Å². The smallest absolute Gasteiger partial charge is 0.308 e. The summed E-state index contributed by atoms with van der Waals surface area (Å²) in [6.45, 7) is 4.22. The van der Waals surface area contributed by atoms with Crippen molar-refractivity contribution >= 4 is 17.6 Å². The van der Waals surface area contributed by atoms with Gasteiger partial charge in [-0.25, -0.2) is 9.97 Å². The van der Waals surface area contributed by atoms with Crippen molar-refractivity contribution in [1.82, 2.24) is 9.97 Å². The maximum atomic E-state index is 10.9. The van der Waals surface area contributed by atoms with Gasteiger partial charge in [-0.05, 0) is 12.8 Å². The maximum Gasteiger partial charge on any atom is 0.308 e. The summed E-state index contributed by atoms with van der Waals surface area (Å²) in [5.41, 5.74) is 0. The van der Waals surface area contributed by atoms with Crippen LogP contribution in [0.5, 0.6) is 0 Å². The van der Waals surface area contributed by atoms with E-state index in [1.807, 2.05) is 11.0 Å². The molecule has 6 heteroatoms. The zero-order chi connectivity index (χ0) is 13.0. The van der Waals surface area contributed by atoms with Gasteiger partial charge in [0.2, 0.25) is 0 Å². The maximum absolute atomic E-state index is 10.9. The molecule has 1 atom stereocenters. The topological polar surface area (TPSA) is 78.4 Å². The highest BCUT2D eigenvalue weighted by molar-refractivity contribution is 5.72. The van der Waals surface area contributed by atoms with Crippen LogP contribution in [-0.4, -0.2) is 40.7 Å². The fourth-order valence-corrected chi connectivity index (χ4v) is 2.04. The van der Waals surface area contributed by atoms with Crippen molar-refractivity contribution in [2.75, 3.05) is 29.9 Å². The first kappa shape index (κ1) is 12.6. The summed E-state index contributed by atoms with van der Waals surface area (Å²) >= 11 is 0. The molecule has 0 bridgehead atoms. The molecule has 2 N–H and O–H groups in total. The van der Waals surface area contributed by atoms with Gasteiger partial charge in [0.05, 0.1) is 5.92 Å². The summed E-state index contributed by atoms with van der Waals surface area (Å²) in [7, 11) is 0. The van der Waals surface area contributed by atoms with Crippen molar-refractivity contribution in [2.24, 2.45) is 5.92 Å². The van der Waals surface area contributed by atoms with Crippen LogP contribution in [0.4, 0.5) is 11.6 Å². The number of aromatic nitrogens is 2. The van der Waals surface area contributed by atoms with Gasteiger partial charge < -0.3 is 15.3 Å². The Morgan fingerprint density at radius 3 is 3.11 bits per heavy atom. The standard InChI is InChI=1S/C12H18N4O2/c1-2-4-13-10-6-11(15-8-14-10)16-5-3-9(7-16)12(17)18/h6,8-9H,2-5,7H2,1H3,(H,17,18)(H,13,14,15). The van der Waals surface area contributed by atoms with Gasteiger partial charge in [0.1, 0.15) is 18.0 Å². The Bertz CT molecular complexity index is 424. The molecule has 1 aliphatic heterocycles. The Hall–Kier alpha value is -1.85. The van der Waals surface area contributed by atoms with E-state index >= 15 is 0 Å². The van der Waals surface area contributed by atoms with Crippen LogP contribution in [0.1, 0.15) is 19.8 Å². The van der Waals surface area contributed by atoms with Crippen molar-refractivity contribution in [2.45, 2.75) is 19.8 Å². The first-order valence-corrected chi connectivity index (χ1v) is 6.24. The van der Waals surface area contributed by atoms with Crippen LogP contribution in [0.15, 0.2) is 12.4 Å². The minimum Gasteiger partial charge on any atom is -0.481 e. The van der Waals surface area contributed by atoms with Crippen LogP contribution in [0.3, 0.4) is 0 Å². The summed E-state index contributed by atoms with van der Waals surface area (Å²) in [6.07, 6.45) is 3.22. The summed E-state index contributed by atoms with van der Waals surface area (Å²) in [4.78, 5) is 21.3. The molecule has 0 aromatic carbocycles. The number of hydrogen-bond acceptors (Lipinski definition) is 5. The monoisotopic (exact) mass is 250 g/mol. The first-order valence-electron chi connectivity index (χ1n) is 6.24. The molecule has 1 aromatic rings. The van der Waals surface area contributed by atoms with E-state index in [0.29, 0.717) is 13.0 Å². The highest BCUT2D eigenvalue weighted by Crippen LogP contribution is 2.23. The number of rotatable bonds is 5. The highest BCUT2D eigenvalue weighted by atomic mass is 16.4. The fraction of sp³-hybridized carbons (Fsp3) is 0.583.